The van der Waals surface area contributed by atoms with Crippen LogP contribution < -0.4 is 0 Å². The molecule has 1 N–H and O–H groups in total. The van der Waals surface area contributed by atoms with Crippen molar-refractivity contribution in [2.24, 2.45) is 17.8 Å². The molecule has 0 aromatic heterocycles. The van der Waals surface area contributed by atoms with Crippen LogP contribution in [0.4, 0.5) is 0 Å². The third-order valence-electron chi connectivity index (χ3n) is 5.85. The quantitative estimate of drug-likeness (QED) is 0.846. The van der Waals surface area contributed by atoms with Crippen molar-refractivity contribution < 1.29 is 9.90 Å². The highest BCUT2D eigenvalue weighted by atomic mass is 16.3. The number of nitrogens with zero attached hydrogens (tertiary/aromatic N) is 1. The minimum absolute atomic E-state index is 0.154. The summed E-state index contributed by atoms with van der Waals surface area (Å²) in [6.45, 7) is 2.61. The lowest BCUT2D eigenvalue weighted by molar-refractivity contribution is 0.0940. The zero-order valence-electron chi connectivity index (χ0n) is 14.5. The fraction of sp³-hybridized carbons (Fsp3) is 0.409. The number of aromatic hydroxyl groups is 1. The van der Waals surface area contributed by atoms with Crippen molar-refractivity contribution in [1.82, 2.24) is 4.90 Å². The number of phenolic OH excluding ortho intramolecular Hbond substituents is 1. The van der Waals surface area contributed by atoms with Gasteiger partial charge in [-0.1, -0.05) is 30.3 Å². The molecule has 0 spiro atoms. The summed E-state index contributed by atoms with van der Waals surface area (Å²) in [4.78, 5) is 14.7. The predicted octanol–water partition coefficient (Wildman–Crippen LogP) is 3.78. The molecule has 3 heteroatoms. The molecule has 0 bridgehead atoms. The van der Waals surface area contributed by atoms with Gasteiger partial charge in [0.15, 0.2) is 5.78 Å². The first-order valence-corrected chi connectivity index (χ1v) is 9.26. The summed E-state index contributed by atoms with van der Waals surface area (Å²) >= 11 is 0. The second kappa shape index (κ2) is 7.01. The van der Waals surface area contributed by atoms with Crippen LogP contribution in [0.25, 0.3) is 0 Å². The van der Waals surface area contributed by atoms with E-state index in [9.17, 15) is 9.90 Å². The Bertz CT molecular complexity index is 711. The number of Topliss-reactive ketones (excluding diaryl/α,β-unsaturated/α-hetero) is 1. The lowest BCUT2D eigenvalue weighted by Crippen LogP contribution is -2.29. The molecule has 1 aliphatic heterocycles. The molecule has 2 fully saturated rings. The Morgan fingerprint density at radius 1 is 0.960 bits per heavy atom. The molecule has 1 saturated carbocycles. The highest BCUT2D eigenvalue weighted by Crippen LogP contribution is 2.42. The normalized spacial score (nSPS) is 25.8. The van der Waals surface area contributed by atoms with Gasteiger partial charge in [-0.25, -0.2) is 0 Å². The third-order valence-corrected chi connectivity index (χ3v) is 5.85. The van der Waals surface area contributed by atoms with E-state index in [1.165, 1.54) is 24.8 Å². The number of ketones is 1. The highest BCUT2D eigenvalue weighted by Gasteiger charge is 2.40. The predicted molar refractivity (Wildman–Crippen MR) is 98.7 cm³/mol. The van der Waals surface area contributed by atoms with E-state index in [2.05, 4.69) is 35.2 Å². The first kappa shape index (κ1) is 16.3. The van der Waals surface area contributed by atoms with Crippen molar-refractivity contribution in [1.29, 1.82) is 0 Å². The highest BCUT2D eigenvalue weighted by molar-refractivity contribution is 5.97. The van der Waals surface area contributed by atoms with Crippen molar-refractivity contribution in [3.05, 3.63) is 65.7 Å². The van der Waals surface area contributed by atoms with Gasteiger partial charge in [-0.3, -0.25) is 9.69 Å². The largest absolute Gasteiger partial charge is 0.508 e. The molecule has 4 rings (SSSR count). The minimum atomic E-state index is 0.154. The van der Waals surface area contributed by atoms with E-state index in [1.54, 1.807) is 24.3 Å². The van der Waals surface area contributed by atoms with Crippen LogP contribution >= 0.6 is 0 Å². The average Bonchev–Trinajstić information content (AvgIpc) is 3.14. The van der Waals surface area contributed by atoms with Crippen LogP contribution in [0.2, 0.25) is 0 Å². The van der Waals surface area contributed by atoms with Gasteiger partial charge in [0, 0.05) is 18.7 Å². The zero-order valence-corrected chi connectivity index (χ0v) is 14.5. The lowest BCUT2D eigenvalue weighted by atomic mass is 9.96. The summed E-state index contributed by atoms with van der Waals surface area (Å²) < 4.78 is 0. The second-order valence-corrected chi connectivity index (χ2v) is 7.71. The fourth-order valence-electron chi connectivity index (χ4n) is 4.71. The number of likely N-dealkylation sites (tertiary alicyclic amines) is 1. The monoisotopic (exact) mass is 335 g/mol. The number of fused-ring (bicyclic) bond motifs is 1. The molecule has 1 saturated heterocycles. The first-order chi connectivity index (χ1) is 12.2. The molecular weight excluding hydrogens is 310 g/mol. The summed E-state index contributed by atoms with van der Waals surface area (Å²) in [7, 11) is 0. The number of rotatable bonds is 5. The van der Waals surface area contributed by atoms with Crippen LogP contribution in [0.3, 0.4) is 0 Å². The van der Waals surface area contributed by atoms with Gasteiger partial charge in [-0.15, -0.1) is 0 Å². The number of hydrogen-bond donors (Lipinski definition) is 1. The van der Waals surface area contributed by atoms with Crippen molar-refractivity contribution in [2.45, 2.75) is 19.3 Å². The maximum Gasteiger partial charge on any atom is 0.176 e. The van der Waals surface area contributed by atoms with Gasteiger partial charge in [-0.2, -0.15) is 0 Å². The number of carbonyl (C=O) groups is 1. The van der Waals surface area contributed by atoms with Gasteiger partial charge in [0.25, 0.3) is 0 Å². The molecule has 2 aromatic rings. The van der Waals surface area contributed by atoms with Crippen LogP contribution in [0.1, 0.15) is 28.8 Å². The number of phenols is 1. The van der Waals surface area contributed by atoms with Crippen LogP contribution in [0.5, 0.6) is 5.75 Å². The Morgan fingerprint density at radius 3 is 2.24 bits per heavy atom. The van der Waals surface area contributed by atoms with Crippen molar-refractivity contribution in [3.8, 4) is 5.75 Å². The van der Waals surface area contributed by atoms with Gasteiger partial charge in [0.1, 0.15) is 5.75 Å². The Labute approximate surface area is 149 Å². The number of benzene rings is 2. The summed E-state index contributed by atoms with van der Waals surface area (Å²) in [6, 6.07) is 17.4. The van der Waals surface area contributed by atoms with E-state index in [4.69, 9.17) is 0 Å². The van der Waals surface area contributed by atoms with Gasteiger partial charge >= 0.3 is 0 Å². The Balaban J connectivity index is 1.29. The minimum Gasteiger partial charge on any atom is -0.508 e. The van der Waals surface area contributed by atoms with Crippen molar-refractivity contribution in [2.75, 3.05) is 19.6 Å². The van der Waals surface area contributed by atoms with E-state index in [0.29, 0.717) is 12.1 Å². The SMILES string of the molecule is O=C(CN1C[C@H]2C[C@@H](Cc3ccccc3)C[C@H]2C1)c1ccc(O)cc1. The average molecular weight is 335 g/mol. The van der Waals surface area contributed by atoms with Crippen LogP contribution in [0, 0.1) is 17.8 Å². The second-order valence-electron chi connectivity index (χ2n) is 7.71. The van der Waals surface area contributed by atoms with E-state index in [-0.39, 0.29) is 11.5 Å². The van der Waals surface area contributed by atoms with Crippen molar-refractivity contribution in [3.63, 3.8) is 0 Å². The molecule has 25 heavy (non-hydrogen) atoms. The van der Waals surface area contributed by atoms with Crippen LogP contribution in [0.15, 0.2) is 54.6 Å². The van der Waals surface area contributed by atoms with E-state index in [1.807, 2.05) is 0 Å². The van der Waals surface area contributed by atoms with Crippen LogP contribution in [-0.4, -0.2) is 35.4 Å². The van der Waals surface area contributed by atoms with E-state index < -0.39 is 0 Å². The zero-order chi connectivity index (χ0) is 17.2. The molecule has 3 nitrogen and oxygen atoms in total. The molecule has 1 heterocycles. The summed E-state index contributed by atoms with van der Waals surface area (Å²) in [6.07, 6.45) is 3.78. The molecule has 1 aliphatic carbocycles. The van der Waals surface area contributed by atoms with Gasteiger partial charge in [0.2, 0.25) is 0 Å². The standard InChI is InChI=1S/C22H25NO2/c24-21-8-6-18(7-9-21)22(25)15-23-13-19-11-17(12-20(19)14-23)10-16-4-2-1-3-5-16/h1-9,17,19-20,24H,10-15H2/t17-,19-,20+. The fourth-order valence-corrected chi connectivity index (χ4v) is 4.71. The Kier molecular flexibility index (Phi) is 4.58. The molecule has 2 aromatic carbocycles. The Morgan fingerprint density at radius 2 is 1.60 bits per heavy atom. The smallest absolute Gasteiger partial charge is 0.176 e. The summed E-state index contributed by atoms with van der Waals surface area (Å²) in [5, 5.41) is 9.34. The molecule has 130 valence electrons. The maximum absolute atomic E-state index is 12.4. The molecule has 0 unspecified atom stereocenters. The molecule has 3 atom stereocenters. The first-order valence-electron chi connectivity index (χ1n) is 9.26. The Hall–Kier alpha value is -2.13. The third kappa shape index (κ3) is 3.77. The summed E-state index contributed by atoms with van der Waals surface area (Å²) in [5.41, 5.74) is 2.14. The van der Waals surface area contributed by atoms with Gasteiger partial charge in [0.05, 0.1) is 6.54 Å². The van der Waals surface area contributed by atoms with E-state index >= 15 is 0 Å². The molecule has 0 radical (unpaired) electrons. The van der Waals surface area contributed by atoms with Crippen molar-refractivity contribution >= 4 is 5.78 Å². The lowest BCUT2D eigenvalue weighted by Gasteiger charge is -2.18. The maximum atomic E-state index is 12.4. The number of hydrogen-bond acceptors (Lipinski definition) is 3. The summed E-state index contributed by atoms with van der Waals surface area (Å²) in [5.74, 6) is 2.66. The van der Waals surface area contributed by atoms with Gasteiger partial charge < -0.3 is 5.11 Å². The molecule has 2 aliphatic rings. The topological polar surface area (TPSA) is 40.5 Å². The molecule has 0 amide bonds. The van der Waals surface area contributed by atoms with Gasteiger partial charge in [-0.05, 0) is 66.8 Å². The van der Waals surface area contributed by atoms with E-state index in [0.717, 1.165) is 30.8 Å². The number of carbonyl (C=O) groups excluding carboxylic acids is 1. The van der Waals surface area contributed by atoms with Crippen LogP contribution in [-0.2, 0) is 6.42 Å². The molecular formula is C22H25NO2.